The summed E-state index contributed by atoms with van der Waals surface area (Å²) in [4.78, 5) is 31.8. The van der Waals surface area contributed by atoms with Crippen LogP contribution in [0.25, 0.3) is 0 Å². The van der Waals surface area contributed by atoms with Crippen molar-refractivity contribution in [2.45, 2.75) is 39.0 Å². The number of piperazine rings is 1. The molecule has 0 atom stereocenters. The van der Waals surface area contributed by atoms with Crippen LogP contribution in [0.5, 0.6) is 0 Å². The van der Waals surface area contributed by atoms with Crippen LogP contribution in [0.4, 0.5) is 0 Å². The molecule has 0 bridgehead atoms. The van der Waals surface area contributed by atoms with E-state index >= 15 is 0 Å². The molecular weight excluding hydrogens is 266 g/mol. The number of likely N-dealkylation sites (tertiary alicyclic amines) is 1. The molecule has 3 rings (SSSR count). The molecule has 0 aromatic rings. The monoisotopic (exact) mass is 293 g/mol. The highest BCUT2D eigenvalue weighted by atomic mass is 16.2. The number of nitrogens with zero attached hydrogens (tertiary/aromatic N) is 3. The van der Waals surface area contributed by atoms with Crippen LogP contribution >= 0.6 is 0 Å². The molecule has 0 spiro atoms. The molecule has 1 aliphatic carbocycles. The second-order valence-electron chi connectivity index (χ2n) is 6.66. The van der Waals surface area contributed by atoms with Gasteiger partial charge in [0, 0.05) is 39.3 Å². The third-order valence-corrected chi connectivity index (χ3v) is 5.32. The summed E-state index contributed by atoms with van der Waals surface area (Å²) < 4.78 is 0. The lowest BCUT2D eigenvalue weighted by atomic mass is 10.0. The topological polar surface area (TPSA) is 43.9 Å². The van der Waals surface area contributed by atoms with E-state index < -0.39 is 5.41 Å². The van der Waals surface area contributed by atoms with Crippen LogP contribution in [0.15, 0.2) is 0 Å². The van der Waals surface area contributed by atoms with Crippen molar-refractivity contribution < 1.29 is 9.59 Å². The third-order valence-electron chi connectivity index (χ3n) is 5.32. The molecule has 21 heavy (non-hydrogen) atoms. The Hall–Kier alpha value is -1.10. The first-order valence-electron chi connectivity index (χ1n) is 8.48. The fourth-order valence-electron chi connectivity index (χ4n) is 3.61. The molecule has 2 aliphatic heterocycles. The zero-order valence-electron chi connectivity index (χ0n) is 13.1. The molecule has 0 unspecified atom stereocenters. The number of rotatable bonds is 3. The zero-order valence-corrected chi connectivity index (χ0v) is 13.1. The molecule has 0 N–H and O–H groups in total. The van der Waals surface area contributed by atoms with E-state index in [0.717, 1.165) is 71.5 Å². The molecule has 2 saturated heterocycles. The van der Waals surface area contributed by atoms with Gasteiger partial charge in [0.1, 0.15) is 5.41 Å². The van der Waals surface area contributed by atoms with Crippen LogP contribution < -0.4 is 0 Å². The number of hydrogen-bond acceptors (Lipinski definition) is 3. The van der Waals surface area contributed by atoms with E-state index in [9.17, 15) is 9.59 Å². The second kappa shape index (κ2) is 5.95. The third kappa shape index (κ3) is 2.80. The summed E-state index contributed by atoms with van der Waals surface area (Å²) in [6.45, 7) is 8.32. The van der Waals surface area contributed by atoms with Crippen LogP contribution in [-0.2, 0) is 9.59 Å². The highest BCUT2D eigenvalue weighted by Crippen LogP contribution is 2.49. The first-order valence-corrected chi connectivity index (χ1v) is 8.48. The summed E-state index contributed by atoms with van der Waals surface area (Å²) in [6.07, 6.45) is 4.91. The Balaban J connectivity index is 1.62. The highest BCUT2D eigenvalue weighted by molar-refractivity contribution is 6.07. The highest BCUT2D eigenvalue weighted by Gasteiger charge is 2.59. The Kier molecular flexibility index (Phi) is 4.20. The largest absolute Gasteiger partial charge is 0.342 e. The number of hydrogen-bond donors (Lipinski definition) is 0. The maximum atomic E-state index is 12.8. The van der Waals surface area contributed by atoms with Crippen LogP contribution in [-0.4, -0.2) is 72.3 Å². The van der Waals surface area contributed by atoms with Crippen LogP contribution in [0.3, 0.4) is 0 Å². The quantitative estimate of drug-likeness (QED) is 0.728. The summed E-state index contributed by atoms with van der Waals surface area (Å²) in [7, 11) is 0. The summed E-state index contributed by atoms with van der Waals surface area (Å²) in [5, 5.41) is 0. The van der Waals surface area contributed by atoms with Gasteiger partial charge in [-0.25, -0.2) is 0 Å². The van der Waals surface area contributed by atoms with Crippen molar-refractivity contribution in [3.05, 3.63) is 0 Å². The minimum atomic E-state index is -0.675. The smallest absolute Gasteiger partial charge is 0.238 e. The fraction of sp³-hybridized carbons (Fsp3) is 0.875. The van der Waals surface area contributed by atoms with Gasteiger partial charge in [0.2, 0.25) is 11.8 Å². The van der Waals surface area contributed by atoms with E-state index in [1.165, 1.54) is 6.42 Å². The molecule has 0 aromatic heterocycles. The number of likely N-dealkylation sites (N-methyl/N-ethyl adjacent to an activating group) is 1. The van der Waals surface area contributed by atoms with E-state index in [1.54, 1.807) is 0 Å². The average Bonchev–Trinajstić information content (AvgIpc) is 3.36. The molecule has 3 fully saturated rings. The summed E-state index contributed by atoms with van der Waals surface area (Å²) in [5.74, 6) is 0.221. The minimum absolute atomic E-state index is 0.105. The van der Waals surface area contributed by atoms with Gasteiger partial charge in [-0.05, 0) is 38.6 Å². The molecule has 0 aromatic carbocycles. The van der Waals surface area contributed by atoms with E-state index in [4.69, 9.17) is 0 Å². The molecule has 2 amide bonds. The molecule has 3 aliphatic rings. The number of piperidine rings is 1. The van der Waals surface area contributed by atoms with Crippen LogP contribution in [0, 0.1) is 5.41 Å². The second-order valence-corrected chi connectivity index (χ2v) is 6.66. The molecular formula is C16H27N3O2. The maximum absolute atomic E-state index is 12.8. The Bertz CT molecular complexity index is 406. The predicted molar refractivity (Wildman–Crippen MR) is 80.8 cm³/mol. The molecule has 2 heterocycles. The minimum Gasteiger partial charge on any atom is -0.342 e. The maximum Gasteiger partial charge on any atom is 0.238 e. The van der Waals surface area contributed by atoms with Crippen molar-refractivity contribution in [1.29, 1.82) is 0 Å². The standard InChI is InChI=1S/C16H27N3O2/c1-2-17-10-12-19(13-11-17)15(21)16(6-7-16)14(20)18-8-4-3-5-9-18/h2-13H2,1H3. The first kappa shape index (κ1) is 14.8. The Morgan fingerprint density at radius 2 is 1.33 bits per heavy atom. The normalized spacial score (nSPS) is 25.8. The van der Waals surface area contributed by atoms with Crippen molar-refractivity contribution in [3.8, 4) is 0 Å². The van der Waals surface area contributed by atoms with Gasteiger partial charge in [0.25, 0.3) is 0 Å². The Morgan fingerprint density at radius 3 is 1.81 bits per heavy atom. The Morgan fingerprint density at radius 1 is 0.810 bits per heavy atom. The summed E-state index contributed by atoms with van der Waals surface area (Å²) in [6, 6.07) is 0. The lowest BCUT2D eigenvalue weighted by molar-refractivity contribution is -0.151. The van der Waals surface area contributed by atoms with Gasteiger partial charge >= 0.3 is 0 Å². The summed E-state index contributed by atoms with van der Waals surface area (Å²) in [5.41, 5.74) is -0.675. The van der Waals surface area contributed by atoms with Gasteiger partial charge in [-0.2, -0.15) is 0 Å². The lowest BCUT2D eigenvalue weighted by Gasteiger charge is -2.37. The van der Waals surface area contributed by atoms with Crippen molar-refractivity contribution in [2.75, 3.05) is 45.8 Å². The van der Waals surface area contributed by atoms with Gasteiger partial charge in [-0.3, -0.25) is 9.59 Å². The van der Waals surface area contributed by atoms with Crippen LogP contribution in [0.1, 0.15) is 39.0 Å². The van der Waals surface area contributed by atoms with Gasteiger partial charge in [0.15, 0.2) is 0 Å². The predicted octanol–water partition coefficient (Wildman–Crippen LogP) is 0.943. The molecule has 1 saturated carbocycles. The number of amides is 2. The molecule has 5 heteroatoms. The zero-order chi connectivity index (χ0) is 14.9. The van der Waals surface area contributed by atoms with Crippen molar-refractivity contribution in [1.82, 2.24) is 14.7 Å². The van der Waals surface area contributed by atoms with Crippen molar-refractivity contribution in [2.24, 2.45) is 5.41 Å². The SMILES string of the molecule is CCN1CCN(C(=O)C2(C(=O)N3CCCCC3)CC2)CC1. The van der Waals surface area contributed by atoms with Gasteiger partial charge in [-0.1, -0.05) is 6.92 Å². The van der Waals surface area contributed by atoms with E-state index in [0.29, 0.717) is 0 Å². The van der Waals surface area contributed by atoms with Gasteiger partial charge in [0.05, 0.1) is 0 Å². The van der Waals surface area contributed by atoms with Crippen molar-refractivity contribution >= 4 is 11.8 Å². The van der Waals surface area contributed by atoms with E-state index in [1.807, 2.05) is 9.80 Å². The van der Waals surface area contributed by atoms with Gasteiger partial charge < -0.3 is 14.7 Å². The first-order chi connectivity index (χ1) is 10.2. The van der Waals surface area contributed by atoms with E-state index in [2.05, 4.69) is 11.8 Å². The number of carbonyl (C=O) groups excluding carboxylic acids is 2. The van der Waals surface area contributed by atoms with Gasteiger partial charge in [-0.15, -0.1) is 0 Å². The number of carbonyl (C=O) groups is 2. The fourth-order valence-corrected chi connectivity index (χ4v) is 3.61. The summed E-state index contributed by atoms with van der Waals surface area (Å²) >= 11 is 0. The Labute approximate surface area is 127 Å². The van der Waals surface area contributed by atoms with E-state index in [-0.39, 0.29) is 11.8 Å². The average molecular weight is 293 g/mol. The lowest BCUT2D eigenvalue weighted by Crippen LogP contribution is -2.54. The molecule has 0 radical (unpaired) electrons. The van der Waals surface area contributed by atoms with Crippen molar-refractivity contribution in [3.63, 3.8) is 0 Å². The van der Waals surface area contributed by atoms with Crippen LogP contribution in [0.2, 0.25) is 0 Å². The molecule has 5 nitrogen and oxygen atoms in total. The molecule has 118 valence electrons.